The highest BCUT2D eigenvalue weighted by atomic mass is 35.5. The van der Waals surface area contributed by atoms with E-state index in [-0.39, 0.29) is 16.7 Å². The zero-order valence-electron chi connectivity index (χ0n) is 12.4. The molecule has 0 aliphatic rings. The minimum atomic E-state index is -0.562. The van der Waals surface area contributed by atoms with E-state index in [9.17, 15) is 9.18 Å². The first-order valence-electron chi connectivity index (χ1n) is 6.78. The molecule has 0 aliphatic heterocycles. The van der Waals surface area contributed by atoms with Gasteiger partial charge in [0.25, 0.3) is 11.1 Å². The van der Waals surface area contributed by atoms with Crippen LogP contribution in [0.1, 0.15) is 5.76 Å². The first-order chi connectivity index (χ1) is 11.5. The number of hydrogen-bond acceptors (Lipinski definition) is 6. The molecule has 0 aliphatic carbocycles. The summed E-state index contributed by atoms with van der Waals surface area (Å²) in [5.74, 6) is -0.0269. The number of halogens is 2. The second kappa shape index (κ2) is 7.06. The third-order valence-corrected chi connectivity index (χ3v) is 4.08. The maximum atomic E-state index is 13.6. The molecule has 1 aromatic carbocycles. The molecule has 0 radical (unpaired) electrons. The van der Waals surface area contributed by atoms with E-state index in [2.05, 4.69) is 15.5 Å². The molecule has 0 atom stereocenters. The molecule has 2 heterocycles. The molecule has 124 valence electrons. The normalized spacial score (nSPS) is 10.8. The Balaban J connectivity index is 1.60. The number of benzene rings is 1. The van der Waals surface area contributed by atoms with E-state index in [1.165, 1.54) is 24.5 Å². The third kappa shape index (κ3) is 3.77. The number of thioether (sulfide) groups is 1. The molecular weight excluding hydrogens is 357 g/mol. The highest BCUT2D eigenvalue weighted by Gasteiger charge is 2.15. The van der Waals surface area contributed by atoms with Crippen LogP contribution in [0.3, 0.4) is 0 Å². The van der Waals surface area contributed by atoms with Crippen molar-refractivity contribution in [1.29, 1.82) is 0 Å². The summed E-state index contributed by atoms with van der Waals surface area (Å²) in [5.41, 5.74) is 0.716. The fourth-order valence-electron chi connectivity index (χ4n) is 1.89. The van der Waals surface area contributed by atoms with Gasteiger partial charge in [0.1, 0.15) is 11.6 Å². The van der Waals surface area contributed by atoms with Gasteiger partial charge in [0.2, 0.25) is 5.91 Å². The van der Waals surface area contributed by atoms with Crippen LogP contribution in [0.25, 0.3) is 11.5 Å². The zero-order chi connectivity index (χ0) is 17.1. The molecule has 0 spiro atoms. The van der Waals surface area contributed by atoms with Crippen molar-refractivity contribution in [3.63, 3.8) is 0 Å². The second-order valence-corrected chi connectivity index (χ2v) is 6.09. The van der Waals surface area contributed by atoms with E-state index in [0.29, 0.717) is 22.2 Å². The molecule has 3 rings (SSSR count). The SMILES string of the molecule is Cc1occc1-c1nnc(SCC(=O)Nc2cc(Cl)ccc2F)o1. The number of furan rings is 1. The Kier molecular flexibility index (Phi) is 4.86. The fraction of sp³-hybridized carbons (Fsp3) is 0.133. The predicted octanol–water partition coefficient (Wildman–Crippen LogP) is 4.16. The van der Waals surface area contributed by atoms with Crippen LogP contribution in [0.15, 0.2) is 44.6 Å². The molecule has 6 nitrogen and oxygen atoms in total. The van der Waals surface area contributed by atoms with Crippen molar-refractivity contribution in [2.24, 2.45) is 0 Å². The Labute approximate surface area is 145 Å². The number of anilines is 1. The van der Waals surface area contributed by atoms with Crippen LogP contribution < -0.4 is 5.32 Å². The van der Waals surface area contributed by atoms with Gasteiger partial charge in [-0.05, 0) is 31.2 Å². The van der Waals surface area contributed by atoms with E-state index >= 15 is 0 Å². The monoisotopic (exact) mass is 367 g/mol. The van der Waals surface area contributed by atoms with Gasteiger partial charge < -0.3 is 14.2 Å². The Bertz CT molecular complexity index is 880. The molecule has 0 bridgehead atoms. The summed E-state index contributed by atoms with van der Waals surface area (Å²) in [5, 5.41) is 10.8. The van der Waals surface area contributed by atoms with Gasteiger partial charge in [-0.15, -0.1) is 10.2 Å². The van der Waals surface area contributed by atoms with Crippen molar-refractivity contribution >= 4 is 35.0 Å². The van der Waals surface area contributed by atoms with E-state index < -0.39 is 11.7 Å². The lowest BCUT2D eigenvalue weighted by Crippen LogP contribution is -2.15. The van der Waals surface area contributed by atoms with Crippen LogP contribution >= 0.6 is 23.4 Å². The number of aromatic nitrogens is 2. The van der Waals surface area contributed by atoms with Gasteiger partial charge in [-0.2, -0.15) is 0 Å². The summed E-state index contributed by atoms with van der Waals surface area (Å²) in [6, 6.07) is 5.64. The van der Waals surface area contributed by atoms with Crippen LogP contribution in [-0.4, -0.2) is 21.9 Å². The lowest BCUT2D eigenvalue weighted by Gasteiger charge is -2.05. The lowest BCUT2D eigenvalue weighted by molar-refractivity contribution is -0.113. The van der Waals surface area contributed by atoms with Gasteiger partial charge in [0.05, 0.1) is 23.3 Å². The predicted molar refractivity (Wildman–Crippen MR) is 87.5 cm³/mol. The minimum absolute atomic E-state index is 0.0159. The van der Waals surface area contributed by atoms with Gasteiger partial charge in [-0.25, -0.2) is 4.39 Å². The third-order valence-electron chi connectivity index (χ3n) is 3.02. The number of hydrogen-bond donors (Lipinski definition) is 1. The second-order valence-electron chi connectivity index (χ2n) is 4.72. The molecule has 0 fully saturated rings. The van der Waals surface area contributed by atoms with E-state index in [4.69, 9.17) is 20.4 Å². The summed E-state index contributed by atoms with van der Waals surface area (Å²) in [6.07, 6.45) is 1.52. The maximum absolute atomic E-state index is 13.6. The quantitative estimate of drug-likeness (QED) is 0.682. The highest BCUT2D eigenvalue weighted by Crippen LogP contribution is 2.26. The molecule has 1 amide bonds. The van der Waals surface area contributed by atoms with Crippen molar-refractivity contribution in [3.8, 4) is 11.5 Å². The van der Waals surface area contributed by atoms with Crippen molar-refractivity contribution in [2.75, 3.05) is 11.1 Å². The standard InChI is InChI=1S/C15H11ClFN3O3S/c1-8-10(4-5-22-8)14-19-20-15(23-14)24-7-13(21)18-12-6-9(16)2-3-11(12)17/h2-6H,7H2,1H3,(H,18,21). The molecule has 0 saturated carbocycles. The molecule has 0 saturated heterocycles. The van der Waals surface area contributed by atoms with Gasteiger partial charge in [-0.1, -0.05) is 23.4 Å². The molecule has 0 unspecified atom stereocenters. The van der Waals surface area contributed by atoms with Gasteiger partial charge in [0.15, 0.2) is 0 Å². The van der Waals surface area contributed by atoms with Crippen LogP contribution in [0.5, 0.6) is 0 Å². The topological polar surface area (TPSA) is 81.2 Å². The van der Waals surface area contributed by atoms with Crippen LogP contribution in [0, 0.1) is 12.7 Å². The summed E-state index contributed by atoms with van der Waals surface area (Å²) < 4.78 is 24.2. The smallest absolute Gasteiger partial charge is 0.277 e. The zero-order valence-corrected chi connectivity index (χ0v) is 13.9. The van der Waals surface area contributed by atoms with Crippen LogP contribution in [0.2, 0.25) is 5.02 Å². The van der Waals surface area contributed by atoms with Crippen molar-refractivity contribution < 1.29 is 18.0 Å². The summed E-state index contributed by atoms with van der Waals surface area (Å²) in [4.78, 5) is 11.9. The summed E-state index contributed by atoms with van der Waals surface area (Å²) >= 11 is 6.82. The number of aryl methyl sites for hydroxylation is 1. The average molecular weight is 368 g/mol. The number of carbonyl (C=O) groups excluding carboxylic acids is 1. The maximum Gasteiger partial charge on any atom is 0.277 e. The Morgan fingerprint density at radius 3 is 2.96 bits per heavy atom. The number of carbonyl (C=O) groups is 1. The number of amides is 1. The Hall–Kier alpha value is -2.32. The molecule has 9 heteroatoms. The lowest BCUT2D eigenvalue weighted by atomic mass is 10.3. The first kappa shape index (κ1) is 16.5. The van der Waals surface area contributed by atoms with Crippen molar-refractivity contribution in [2.45, 2.75) is 12.1 Å². The Morgan fingerprint density at radius 2 is 2.21 bits per heavy atom. The van der Waals surface area contributed by atoms with E-state index in [0.717, 1.165) is 11.8 Å². The summed E-state index contributed by atoms with van der Waals surface area (Å²) in [6.45, 7) is 1.78. The van der Waals surface area contributed by atoms with Gasteiger partial charge in [0, 0.05) is 5.02 Å². The number of rotatable bonds is 5. The molecule has 2 aromatic heterocycles. The highest BCUT2D eigenvalue weighted by molar-refractivity contribution is 7.99. The first-order valence-corrected chi connectivity index (χ1v) is 8.15. The van der Waals surface area contributed by atoms with Crippen LogP contribution in [-0.2, 0) is 4.79 Å². The average Bonchev–Trinajstić information content (AvgIpc) is 3.17. The summed E-state index contributed by atoms with van der Waals surface area (Å²) in [7, 11) is 0. The van der Waals surface area contributed by atoms with E-state index in [1.807, 2.05) is 0 Å². The molecule has 3 aromatic rings. The van der Waals surface area contributed by atoms with E-state index in [1.54, 1.807) is 13.0 Å². The van der Waals surface area contributed by atoms with Gasteiger partial charge >= 0.3 is 0 Å². The van der Waals surface area contributed by atoms with Gasteiger partial charge in [-0.3, -0.25) is 4.79 Å². The fourth-order valence-corrected chi connectivity index (χ4v) is 2.63. The molecule has 1 N–H and O–H groups in total. The minimum Gasteiger partial charge on any atom is -0.469 e. The number of nitrogens with one attached hydrogen (secondary N) is 1. The van der Waals surface area contributed by atoms with Crippen molar-refractivity contribution in [3.05, 3.63) is 47.1 Å². The van der Waals surface area contributed by atoms with Crippen molar-refractivity contribution in [1.82, 2.24) is 10.2 Å². The molecule has 24 heavy (non-hydrogen) atoms. The molecular formula is C15H11ClFN3O3S. The number of nitrogens with zero attached hydrogens (tertiary/aromatic N) is 2. The Morgan fingerprint density at radius 1 is 1.38 bits per heavy atom. The largest absolute Gasteiger partial charge is 0.469 e. The van der Waals surface area contributed by atoms with Crippen LogP contribution in [0.4, 0.5) is 10.1 Å².